The molecule has 1 unspecified atom stereocenters. The number of aliphatic hydroxyl groups is 1. The number of allylic oxidation sites excluding steroid dienone is 1. The van der Waals surface area contributed by atoms with Gasteiger partial charge in [0.15, 0.2) is 6.23 Å². The second-order valence-electron chi connectivity index (χ2n) is 5.98. The second-order valence-corrected chi connectivity index (χ2v) is 6.38. The lowest BCUT2D eigenvalue weighted by Crippen LogP contribution is -2.50. The van der Waals surface area contributed by atoms with E-state index in [0.717, 1.165) is 0 Å². The van der Waals surface area contributed by atoms with E-state index in [-0.39, 0.29) is 6.09 Å². The van der Waals surface area contributed by atoms with Gasteiger partial charge in [0.05, 0.1) is 16.9 Å². The molecule has 1 fully saturated rings. The third-order valence-electron chi connectivity index (χ3n) is 3.14. The summed E-state index contributed by atoms with van der Waals surface area (Å²) in [5.74, 6) is 0. The molecule has 0 aromatic carbocycles. The number of hydrazone groups is 1. The van der Waals surface area contributed by atoms with Crippen LogP contribution in [0.5, 0.6) is 0 Å². The minimum atomic E-state index is -0.976. The van der Waals surface area contributed by atoms with Gasteiger partial charge in [-0.05, 0) is 20.8 Å². The molecule has 8 heteroatoms. The number of carbonyl (C=O) groups is 1. The van der Waals surface area contributed by atoms with Crippen LogP contribution in [0.3, 0.4) is 0 Å². The first-order valence-corrected chi connectivity index (χ1v) is 7.25. The first-order chi connectivity index (χ1) is 9.78. The van der Waals surface area contributed by atoms with Crippen molar-refractivity contribution >= 4 is 23.9 Å². The van der Waals surface area contributed by atoms with Gasteiger partial charge in [0.25, 0.3) is 0 Å². The molecule has 2 rings (SSSR count). The topological polar surface area (TPSA) is 77.4 Å². The molecule has 2 aliphatic heterocycles. The minimum Gasteiger partial charge on any atom is -0.444 e. The highest BCUT2D eigenvalue weighted by Gasteiger charge is 2.28. The van der Waals surface area contributed by atoms with Crippen molar-refractivity contribution in [3.05, 3.63) is 10.7 Å². The van der Waals surface area contributed by atoms with E-state index in [1.54, 1.807) is 11.1 Å². The van der Waals surface area contributed by atoms with Gasteiger partial charge < -0.3 is 19.6 Å². The molecule has 0 bridgehead atoms. The summed E-state index contributed by atoms with van der Waals surface area (Å²) >= 11 is 6.08. The van der Waals surface area contributed by atoms with E-state index in [0.29, 0.717) is 36.9 Å². The molecule has 2 aliphatic rings. The fourth-order valence-corrected chi connectivity index (χ4v) is 2.33. The van der Waals surface area contributed by atoms with Crippen LogP contribution < -0.4 is 5.43 Å². The molecule has 1 amide bonds. The van der Waals surface area contributed by atoms with Gasteiger partial charge >= 0.3 is 6.09 Å². The number of amides is 1. The van der Waals surface area contributed by atoms with Crippen molar-refractivity contribution < 1.29 is 14.6 Å². The molecule has 0 aliphatic carbocycles. The van der Waals surface area contributed by atoms with Crippen LogP contribution in [0, 0.1) is 0 Å². The zero-order chi connectivity index (χ0) is 15.6. The summed E-state index contributed by atoms with van der Waals surface area (Å²) in [5, 5.41) is 13.8. The van der Waals surface area contributed by atoms with Crippen LogP contribution >= 0.6 is 11.6 Å². The molecule has 2 N–H and O–H groups in total. The van der Waals surface area contributed by atoms with Crippen molar-refractivity contribution in [3.8, 4) is 0 Å². The molecule has 1 atom stereocenters. The summed E-state index contributed by atoms with van der Waals surface area (Å²) < 4.78 is 5.35. The lowest BCUT2D eigenvalue weighted by molar-refractivity contribution is 0.0171. The molecule has 0 radical (unpaired) electrons. The Kier molecular flexibility index (Phi) is 4.63. The maximum atomic E-state index is 12.0. The van der Waals surface area contributed by atoms with Crippen molar-refractivity contribution in [1.29, 1.82) is 0 Å². The number of halogens is 1. The van der Waals surface area contributed by atoms with Crippen LogP contribution in [-0.2, 0) is 4.74 Å². The highest BCUT2D eigenvalue weighted by atomic mass is 35.5. The number of ether oxygens (including phenoxy) is 1. The van der Waals surface area contributed by atoms with Gasteiger partial charge in [0.2, 0.25) is 0 Å². The predicted octanol–water partition coefficient (Wildman–Crippen LogP) is 0.897. The van der Waals surface area contributed by atoms with Gasteiger partial charge in [0, 0.05) is 26.2 Å². The lowest BCUT2D eigenvalue weighted by Gasteiger charge is -2.38. The van der Waals surface area contributed by atoms with Gasteiger partial charge in [-0.25, -0.2) is 4.79 Å². The Labute approximate surface area is 129 Å². The Balaban J connectivity index is 1.93. The lowest BCUT2D eigenvalue weighted by atomic mass is 10.2. The molecule has 0 spiro atoms. The van der Waals surface area contributed by atoms with Crippen LogP contribution in [0.25, 0.3) is 0 Å². The van der Waals surface area contributed by atoms with Gasteiger partial charge in [-0.3, -0.25) is 5.43 Å². The largest absolute Gasteiger partial charge is 0.444 e. The molecular formula is C13H21ClN4O3. The number of nitrogens with one attached hydrogen (secondary N) is 1. The van der Waals surface area contributed by atoms with E-state index >= 15 is 0 Å². The van der Waals surface area contributed by atoms with Gasteiger partial charge in [-0.2, -0.15) is 5.10 Å². The summed E-state index contributed by atoms with van der Waals surface area (Å²) in [4.78, 5) is 15.7. The Hall–Kier alpha value is -1.47. The third-order valence-corrected chi connectivity index (χ3v) is 3.54. The molecular weight excluding hydrogens is 296 g/mol. The van der Waals surface area contributed by atoms with Gasteiger partial charge in [0.1, 0.15) is 5.60 Å². The zero-order valence-electron chi connectivity index (χ0n) is 12.5. The Morgan fingerprint density at radius 2 is 2.05 bits per heavy atom. The van der Waals surface area contributed by atoms with Crippen LogP contribution in [0.4, 0.5) is 4.79 Å². The SMILES string of the molecule is CC(C)(C)OC(=O)N1CCN(C2=C(Cl)C(O)NN=C2)CC1. The summed E-state index contributed by atoms with van der Waals surface area (Å²) in [6.45, 7) is 7.85. The quantitative estimate of drug-likeness (QED) is 0.751. The first kappa shape index (κ1) is 15.9. The molecule has 0 aromatic rings. The van der Waals surface area contributed by atoms with E-state index in [1.165, 1.54) is 0 Å². The molecule has 7 nitrogen and oxygen atoms in total. The molecule has 0 aromatic heterocycles. The average molecular weight is 317 g/mol. The average Bonchev–Trinajstić information content (AvgIpc) is 2.40. The number of hydrogen-bond acceptors (Lipinski definition) is 6. The van der Waals surface area contributed by atoms with Crippen molar-refractivity contribution in [2.24, 2.45) is 5.10 Å². The highest BCUT2D eigenvalue weighted by molar-refractivity contribution is 6.31. The number of piperazine rings is 1. The van der Waals surface area contributed by atoms with E-state index < -0.39 is 11.8 Å². The van der Waals surface area contributed by atoms with E-state index in [4.69, 9.17) is 16.3 Å². The summed E-state index contributed by atoms with van der Waals surface area (Å²) in [6.07, 6.45) is 0.301. The number of nitrogens with zero attached hydrogens (tertiary/aromatic N) is 3. The fraction of sp³-hybridized carbons (Fsp3) is 0.692. The number of aliphatic hydroxyl groups excluding tert-OH is 1. The van der Waals surface area contributed by atoms with Crippen molar-refractivity contribution in [3.63, 3.8) is 0 Å². The van der Waals surface area contributed by atoms with Crippen LogP contribution in [-0.4, -0.2) is 65.2 Å². The van der Waals surface area contributed by atoms with Crippen molar-refractivity contribution in [2.45, 2.75) is 32.6 Å². The zero-order valence-corrected chi connectivity index (χ0v) is 13.2. The van der Waals surface area contributed by atoms with Gasteiger partial charge in [-0.15, -0.1) is 0 Å². The van der Waals surface area contributed by atoms with Crippen LogP contribution in [0.1, 0.15) is 20.8 Å². The Morgan fingerprint density at radius 1 is 1.43 bits per heavy atom. The Morgan fingerprint density at radius 3 is 2.62 bits per heavy atom. The number of hydrogen-bond donors (Lipinski definition) is 2. The van der Waals surface area contributed by atoms with E-state index in [1.807, 2.05) is 25.7 Å². The van der Waals surface area contributed by atoms with E-state index in [9.17, 15) is 9.90 Å². The Bertz CT molecular complexity index is 465. The predicted molar refractivity (Wildman–Crippen MR) is 79.9 cm³/mol. The molecule has 118 valence electrons. The molecule has 2 heterocycles. The molecule has 0 saturated carbocycles. The fourth-order valence-electron chi connectivity index (χ4n) is 2.12. The second kappa shape index (κ2) is 6.11. The van der Waals surface area contributed by atoms with E-state index in [2.05, 4.69) is 10.5 Å². The van der Waals surface area contributed by atoms with Crippen molar-refractivity contribution in [1.82, 2.24) is 15.2 Å². The smallest absolute Gasteiger partial charge is 0.410 e. The standard InChI is InChI=1S/C13H21ClN4O3/c1-13(2,3)21-12(20)18-6-4-17(5-7-18)9-8-15-16-11(19)10(9)14/h8,11,16,19H,4-7H2,1-3H3. The van der Waals surface area contributed by atoms with Crippen LogP contribution in [0.2, 0.25) is 0 Å². The molecule has 21 heavy (non-hydrogen) atoms. The maximum Gasteiger partial charge on any atom is 0.410 e. The normalized spacial score (nSPS) is 23.2. The van der Waals surface area contributed by atoms with Crippen LogP contribution in [0.15, 0.2) is 15.8 Å². The van der Waals surface area contributed by atoms with Gasteiger partial charge in [-0.1, -0.05) is 11.6 Å². The first-order valence-electron chi connectivity index (χ1n) is 6.87. The summed E-state index contributed by atoms with van der Waals surface area (Å²) in [6, 6.07) is 0. The molecule has 1 saturated heterocycles. The minimum absolute atomic E-state index is 0.304. The highest BCUT2D eigenvalue weighted by Crippen LogP contribution is 2.20. The number of rotatable bonds is 1. The maximum absolute atomic E-state index is 12.0. The summed E-state index contributed by atoms with van der Waals surface area (Å²) in [5.41, 5.74) is 2.67. The monoisotopic (exact) mass is 316 g/mol. The third kappa shape index (κ3) is 4.01. The van der Waals surface area contributed by atoms with Crippen molar-refractivity contribution in [2.75, 3.05) is 26.2 Å². The summed E-state index contributed by atoms with van der Waals surface area (Å²) in [7, 11) is 0. The number of carbonyl (C=O) groups excluding carboxylic acids is 1.